The molecule has 1 aromatic carbocycles. The van der Waals surface area contributed by atoms with Crippen LogP contribution in [-0.4, -0.2) is 9.97 Å². The normalized spacial score (nSPS) is 10.6. The lowest BCUT2D eigenvalue weighted by molar-refractivity contribution is 0.509. The van der Waals surface area contributed by atoms with Gasteiger partial charge in [0.15, 0.2) is 11.6 Å². The molecule has 0 amide bonds. The van der Waals surface area contributed by atoms with Gasteiger partial charge in [-0.2, -0.15) is 0 Å². The monoisotopic (exact) mass is 254 g/mol. The van der Waals surface area contributed by atoms with Gasteiger partial charge in [-0.05, 0) is 18.2 Å². The van der Waals surface area contributed by atoms with Gasteiger partial charge in [-0.3, -0.25) is 0 Å². The molecule has 0 bridgehead atoms. The van der Waals surface area contributed by atoms with E-state index in [-0.39, 0.29) is 5.15 Å². The Morgan fingerprint density at radius 1 is 1.12 bits per heavy atom. The van der Waals surface area contributed by atoms with E-state index in [1.807, 2.05) is 6.92 Å². The number of benzene rings is 1. The van der Waals surface area contributed by atoms with Crippen molar-refractivity contribution in [1.29, 1.82) is 0 Å². The second-order valence-electron chi connectivity index (χ2n) is 3.47. The molecular formula is C12H9ClF2N2. The maximum Gasteiger partial charge on any atom is 0.159 e. The zero-order valence-corrected chi connectivity index (χ0v) is 9.80. The van der Waals surface area contributed by atoms with Gasteiger partial charge in [-0.1, -0.05) is 18.5 Å². The third-order valence-corrected chi connectivity index (χ3v) is 2.47. The molecule has 0 fully saturated rings. The standard InChI is InChI=1S/C12H9ClF2N2/c1-2-12-16-10(6-11(13)17-12)7-3-4-8(14)9(15)5-7/h3-6H,2H2,1H3. The molecule has 2 aromatic rings. The Labute approximate surface area is 102 Å². The van der Waals surface area contributed by atoms with Crippen LogP contribution in [0.3, 0.4) is 0 Å². The molecule has 2 nitrogen and oxygen atoms in total. The minimum Gasteiger partial charge on any atom is -0.233 e. The average molecular weight is 255 g/mol. The van der Waals surface area contributed by atoms with Crippen molar-refractivity contribution < 1.29 is 8.78 Å². The maximum absolute atomic E-state index is 13.1. The summed E-state index contributed by atoms with van der Waals surface area (Å²) >= 11 is 5.83. The molecule has 0 spiro atoms. The molecule has 0 aliphatic heterocycles. The quantitative estimate of drug-likeness (QED) is 0.765. The van der Waals surface area contributed by atoms with Crippen LogP contribution in [0, 0.1) is 11.6 Å². The lowest BCUT2D eigenvalue weighted by atomic mass is 10.1. The predicted octanol–water partition coefficient (Wildman–Crippen LogP) is 3.64. The SMILES string of the molecule is CCc1nc(Cl)cc(-c2ccc(F)c(F)c2)n1. The van der Waals surface area contributed by atoms with Crippen molar-refractivity contribution in [3.05, 3.63) is 46.9 Å². The molecular weight excluding hydrogens is 246 g/mol. The van der Waals surface area contributed by atoms with E-state index in [2.05, 4.69) is 9.97 Å². The third kappa shape index (κ3) is 2.58. The van der Waals surface area contributed by atoms with E-state index in [0.717, 1.165) is 12.1 Å². The van der Waals surface area contributed by atoms with Gasteiger partial charge in [0.05, 0.1) is 5.69 Å². The second-order valence-corrected chi connectivity index (χ2v) is 3.86. The van der Waals surface area contributed by atoms with Crippen molar-refractivity contribution in [3.63, 3.8) is 0 Å². The van der Waals surface area contributed by atoms with Gasteiger partial charge in [0.25, 0.3) is 0 Å². The Balaban J connectivity index is 2.52. The molecule has 1 heterocycles. The summed E-state index contributed by atoms with van der Waals surface area (Å²) in [6.07, 6.45) is 0.622. The van der Waals surface area contributed by atoms with Crippen molar-refractivity contribution in [2.75, 3.05) is 0 Å². The van der Waals surface area contributed by atoms with Gasteiger partial charge in [0.1, 0.15) is 11.0 Å². The first-order chi connectivity index (χ1) is 8.10. The van der Waals surface area contributed by atoms with Gasteiger partial charge in [0.2, 0.25) is 0 Å². The van der Waals surface area contributed by atoms with E-state index in [1.165, 1.54) is 12.1 Å². The summed E-state index contributed by atoms with van der Waals surface area (Å²) in [6, 6.07) is 5.13. The number of hydrogen-bond acceptors (Lipinski definition) is 2. The molecule has 0 aliphatic rings. The minimum absolute atomic E-state index is 0.289. The van der Waals surface area contributed by atoms with Gasteiger partial charge in [-0.15, -0.1) is 0 Å². The van der Waals surface area contributed by atoms with Gasteiger partial charge >= 0.3 is 0 Å². The molecule has 0 aliphatic carbocycles. The summed E-state index contributed by atoms with van der Waals surface area (Å²) in [6.45, 7) is 1.89. The predicted molar refractivity (Wildman–Crippen MR) is 61.8 cm³/mol. The van der Waals surface area contributed by atoms with E-state index in [9.17, 15) is 8.78 Å². The van der Waals surface area contributed by atoms with Crippen LogP contribution in [0.25, 0.3) is 11.3 Å². The topological polar surface area (TPSA) is 25.8 Å². The fourth-order valence-corrected chi connectivity index (χ4v) is 1.63. The molecule has 0 saturated heterocycles. The first-order valence-electron chi connectivity index (χ1n) is 5.09. The van der Waals surface area contributed by atoms with Crippen LogP contribution in [-0.2, 0) is 6.42 Å². The van der Waals surface area contributed by atoms with E-state index in [4.69, 9.17) is 11.6 Å². The summed E-state index contributed by atoms with van der Waals surface area (Å²) in [5.41, 5.74) is 0.962. The van der Waals surface area contributed by atoms with E-state index < -0.39 is 11.6 Å². The lowest BCUT2D eigenvalue weighted by Crippen LogP contribution is -1.96. The Hall–Kier alpha value is -1.55. The molecule has 88 valence electrons. The number of rotatable bonds is 2. The maximum atomic E-state index is 13.1. The van der Waals surface area contributed by atoms with Crippen molar-refractivity contribution in [2.45, 2.75) is 13.3 Å². The van der Waals surface area contributed by atoms with Crippen LogP contribution in [0.4, 0.5) is 8.78 Å². The largest absolute Gasteiger partial charge is 0.233 e. The molecule has 0 atom stereocenters. The highest BCUT2D eigenvalue weighted by molar-refractivity contribution is 6.29. The highest BCUT2D eigenvalue weighted by Gasteiger charge is 2.08. The highest BCUT2D eigenvalue weighted by atomic mass is 35.5. The minimum atomic E-state index is -0.907. The van der Waals surface area contributed by atoms with Gasteiger partial charge < -0.3 is 0 Å². The number of halogens is 3. The van der Waals surface area contributed by atoms with Gasteiger partial charge in [0, 0.05) is 18.1 Å². The second kappa shape index (κ2) is 4.75. The first-order valence-corrected chi connectivity index (χ1v) is 5.47. The number of aromatic nitrogens is 2. The van der Waals surface area contributed by atoms with Gasteiger partial charge in [-0.25, -0.2) is 18.7 Å². The molecule has 1 aromatic heterocycles. The third-order valence-electron chi connectivity index (χ3n) is 2.27. The average Bonchev–Trinajstić information content (AvgIpc) is 2.32. The summed E-state index contributed by atoms with van der Waals surface area (Å²) in [4.78, 5) is 8.21. The molecule has 0 radical (unpaired) electrons. The van der Waals surface area contributed by atoms with E-state index in [1.54, 1.807) is 0 Å². The fraction of sp³-hybridized carbons (Fsp3) is 0.167. The number of nitrogens with zero attached hydrogens (tertiary/aromatic N) is 2. The number of aryl methyl sites for hydroxylation is 1. The van der Waals surface area contributed by atoms with Crippen LogP contribution in [0.15, 0.2) is 24.3 Å². The van der Waals surface area contributed by atoms with E-state index in [0.29, 0.717) is 23.5 Å². The van der Waals surface area contributed by atoms with Crippen LogP contribution in [0.1, 0.15) is 12.7 Å². The number of hydrogen-bond donors (Lipinski definition) is 0. The van der Waals surface area contributed by atoms with Crippen molar-refractivity contribution in [3.8, 4) is 11.3 Å². The summed E-state index contributed by atoms with van der Waals surface area (Å²) < 4.78 is 25.9. The van der Waals surface area contributed by atoms with Crippen LogP contribution in [0.5, 0.6) is 0 Å². The summed E-state index contributed by atoms with van der Waals surface area (Å²) in [5, 5.41) is 0.289. The Morgan fingerprint density at radius 3 is 2.53 bits per heavy atom. The Kier molecular flexibility index (Phi) is 3.33. The molecule has 2 rings (SSSR count). The first kappa shape index (κ1) is 11.9. The van der Waals surface area contributed by atoms with Crippen LogP contribution < -0.4 is 0 Å². The molecule has 0 unspecified atom stereocenters. The summed E-state index contributed by atoms with van der Waals surface area (Å²) in [7, 11) is 0. The van der Waals surface area contributed by atoms with Crippen LogP contribution >= 0.6 is 11.6 Å². The van der Waals surface area contributed by atoms with Crippen molar-refractivity contribution in [2.24, 2.45) is 0 Å². The Morgan fingerprint density at radius 2 is 1.88 bits per heavy atom. The van der Waals surface area contributed by atoms with Crippen LogP contribution in [0.2, 0.25) is 5.15 Å². The molecule has 5 heteroatoms. The summed E-state index contributed by atoms with van der Waals surface area (Å²) in [5.74, 6) is -1.22. The lowest BCUT2D eigenvalue weighted by Gasteiger charge is -2.04. The molecule has 0 saturated carbocycles. The zero-order valence-electron chi connectivity index (χ0n) is 9.04. The van der Waals surface area contributed by atoms with Crippen molar-refractivity contribution in [1.82, 2.24) is 9.97 Å². The van der Waals surface area contributed by atoms with E-state index >= 15 is 0 Å². The molecule has 17 heavy (non-hydrogen) atoms. The molecule has 0 N–H and O–H groups in total. The van der Waals surface area contributed by atoms with Crippen molar-refractivity contribution >= 4 is 11.6 Å². The highest BCUT2D eigenvalue weighted by Crippen LogP contribution is 2.22. The smallest absolute Gasteiger partial charge is 0.159 e. The fourth-order valence-electron chi connectivity index (χ4n) is 1.43. The zero-order chi connectivity index (χ0) is 12.4. The Bertz CT molecular complexity index is 558.